The highest BCUT2D eigenvalue weighted by Crippen LogP contribution is 2.11. The Labute approximate surface area is 63.4 Å². The predicted octanol–water partition coefficient (Wildman–Crippen LogP) is 0.0761. The molecule has 48 valence electrons. The van der Waals surface area contributed by atoms with Gasteiger partial charge in [0.15, 0.2) is 0 Å². The number of hydrogen-bond donors (Lipinski definition) is 1. The monoisotopic (exact) mass is 138 g/mol. The van der Waals surface area contributed by atoms with Crippen molar-refractivity contribution in [3.63, 3.8) is 0 Å². The third-order valence-corrected chi connectivity index (χ3v) is 2.93. The second kappa shape index (κ2) is 2.55. The number of rotatable bonds is 0. The van der Waals surface area contributed by atoms with Gasteiger partial charge >= 0.3 is 0 Å². The molecule has 1 rings (SSSR count). The fourth-order valence-electron chi connectivity index (χ4n) is 0.787. The van der Waals surface area contributed by atoms with E-state index in [1.165, 1.54) is 10.1 Å². The van der Waals surface area contributed by atoms with Crippen LogP contribution in [0.15, 0.2) is 16.9 Å². The van der Waals surface area contributed by atoms with Crippen molar-refractivity contribution in [2.45, 2.75) is 13.8 Å². The Hall–Kier alpha value is -0.258. The van der Waals surface area contributed by atoms with E-state index in [2.05, 4.69) is 24.4 Å². The van der Waals surface area contributed by atoms with Gasteiger partial charge in [0, 0.05) is 12.1 Å². The molecule has 9 heavy (non-hydrogen) atoms. The van der Waals surface area contributed by atoms with Gasteiger partial charge in [-0.25, -0.2) is 5.10 Å². The Kier molecular flexibility index (Phi) is 1.94. The van der Waals surface area contributed by atoms with Crippen molar-refractivity contribution >= 4 is 20.9 Å². The summed E-state index contributed by atoms with van der Waals surface area (Å²) in [7, 11) is 0. The van der Waals surface area contributed by atoms with Gasteiger partial charge < -0.3 is 0 Å². The second-order valence-corrected chi connectivity index (χ2v) is 3.52. The molecule has 0 aliphatic carbocycles. The smallest absolute Gasteiger partial charge is 0.286 e. The van der Waals surface area contributed by atoms with Gasteiger partial charge in [-0.05, 0) is 17.1 Å². The number of nitrogens with zero attached hydrogens (tertiary/aromatic N) is 1. The Bertz CT molecular complexity index is 154. The van der Waals surface area contributed by atoms with Crippen LogP contribution in [-0.4, -0.2) is 20.9 Å². The summed E-state index contributed by atoms with van der Waals surface area (Å²) in [5, 5.41) is 4.11. The van der Waals surface area contributed by atoms with E-state index in [0.717, 1.165) is 16.3 Å². The number of nitrogens with one attached hydrogen (secondary N) is 1. The minimum Gasteiger partial charge on any atom is -0.287 e. The van der Waals surface area contributed by atoms with Crippen LogP contribution in [0, 0.1) is 5.92 Å². The molecule has 1 unspecified atom stereocenters. The van der Waals surface area contributed by atoms with E-state index in [1.807, 2.05) is 6.20 Å². The van der Waals surface area contributed by atoms with Crippen molar-refractivity contribution < 1.29 is 0 Å². The van der Waals surface area contributed by atoms with Gasteiger partial charge in [-0.15, -0.1) is 0 Å². The highest BCUT2D eigenvalue weighted by molar-refractivity contribution is 6.60. The summed E-state index contributed by atoms with van der Waals surface area (Å²) < 4.78 is 1.30. The van der Waals surface area contributed by atoms with Crippen LogP contribution in [0.25, 0.3) is 0 Å². The first-order valence-electron chi connectivity index (χ1n) is 3.18. The zero-order valence-corrected chi connectivity index (χ0v) is 8.10. The van der Waals surface area contributed by atoms with E-state index >= 15 is 0 Å². The third-order valence-electron chi connectivity index (χ3n) is 1.84. The third kappa shape index (κ3) is 1.35. The highest BCUT2D eigenvalue weighted by atomic mass is 27.0. The van der Waals surface area contributed by atoms with Gasteiger partial charge in [0.1, 0.15) is 0 Å². The van der Waals surface area contributed by atoms with Crippen LogP contribution in [0.3, 0.4) is 0 Å². The topological polar surface area (TPSA) is 24.4 Å². The quantitative estimate of drug-likeness (QED) is 0.471. The van der Waals surface area contributed by atoms with Crippen LogP contribution in [-0.2, 0) is 0 Å². The molecule has 2 nitrogen and oxygen atoms in total. The van der Waals surface area contributed by atoms with E-state index in [9.17, 15) is 0 Å². The Balaban J connectivity index is 2.74. The van der Waals surface area contributed by atoms with Crippen molar-refractivity contribution in [1.29, 1.82) is 0 Å². The molecule has 0 aromatic rings. The molecule has 1 N–H and O–H groups in total. The molecule has 0 saturated heterocycles. The molecule has 1 atom stereocenters. The van der Waals surface area contributed by atoms with Crippen molar-refractivity contribution in [1.82, 2.24) is 5.43 Å². The summed E-state index contributed by atoms with van der Waals surface area (Å²) in [6, 6.07) is 0. The first-order chi connectivity index (χ1) is 4.22. The predicted molar refractivity (Wildman–Crippen MR) is 42.0 cm³/mol. The van der Waals surface area contributed by atoms with Gasteiger partial charge in [-0.2, -0.15) is 0 Å². The summed E-state index contributed by atoms with van der Waals surface area (Å²) in [6.07, 6.45) is 1.96. The molecule has 1 aliphatic heterocycles. The maximum Gasteiger partial charge on any atom is 0.286 e. The minimum absolute atomic E-state index is 0.581. The van der Waals surface area contributed by atoms with Crippen LogP contribution >= 0.6 is 0 Å². The molecule has 0 bridgehead atoms. The van der Waals surface area contributed by atoms with E-state index < -0.39 is 0 Å². The van der Waals surface area contributed by atoms with Gasteiger partial charge in [-0.3, -0.25) is 5.43 Å². The average molecular weight is 138 g/mol. The van der Waals surface area contributed by atoms with E-state index in [1.54, 1.807) is 0 Å². The lowest BCUT2D eigenvalue weighted by Gasteiger charge is -2.16. The maximum absolute atomic E-state index is 4.11. The lowest BCUT2D eigenvalue weighted by atomic mass is 10.1. The molecule has 1 aliphatic rings. The first-order valence-corrected chi connectivity index (χ1v) is 4.18. The molecular formula is C6H11AlN2. The van der Waals surface area contributed by atoms with Gasteiger partial charge in [0.2, 0.25) is 0 Å². The summed E-state index contributed by atoms with van der Waals surface area (Å²) in [6.45, 7) is 4.32. The van der Waals surface area contributed by atoms with Crippen LogP contribution < -0.4 is 5.43 Å². The number of hydrogen-bond acceptors (Lipinski definition) is 2. The molecule has 0 amide bonds. The molecule has 3 heteroatoms. The van der Waals surface area contributed by atoms with Crippen molar-refractivity contribution in [3.05, 3.63) is 11.8 Å². The largest absolute Gasteiger partial charge is 0.287 e. The molecule has 0 aromatic carbocycles. The highest BCUT2D eigenvalue weighted by Gasteiger charge is 2.09. The van der Waals surface area contributed by atoms with Crippen LogP contribution in [0.2, 0.25) is 0 Å². The van der Waals surface area contributed by atoms with E-state index in [4.69, 9.17) is 0 Å². The van der Waals surface area contributed by atoms with Gasteiger partial charge in [0.25, 0.3) is 16.3 Å². The summed E-state index contributed by atoms with van der Waals surface area (Å²) in [5.41, 5.74) is 4.26. The average Bonchev–Trinajstić information content (AvgIpc) is 1.83. The molecule has 0 saturated carbocycles. The lowest BCUT2D eigenvalue weighted by Crippen LogP contribution is -2.20. The normalized spacial score (nSPS) is 26.2. The van der Waals surface area contributed by atoms with Crippen LogP contribution in [0.4, 0.5) is 0 Å². The standard InChI is InChI=1S/C6H9N2.Al.2H/c1-5-3-7-8-4-6(5)2;;;/h3,6-7H,1-2H3;;;. The summed E-state index contributed by atoms with van der Waals surface area (Å²) in [5.74, 6) is 0.581. The van der Waals surface area contributed by atoms with Crippen molar-refractivity contribution in [2.75, 3.05) is 0 Å². The van der Waals surface area contributed by atoms with E-state index in [0.29, 0.717) is 5.92 Å². The minimum atomic E-state index is 0.581. The summed E-state index contributed by atoms with van der Waals surface area (Å²) >= 11 is 1.07. The molecule has 0 aromatic heterocycles. The Morgan fingerprint density at radius 1 is 1.78 bits per heavy atom. The molecule has 1 heterocycles. The molecule has 0 spiro atoms. The number of hydrazone groups is 1. The Morgan fingerprint density at radius 2 is 2.44 bits per heavy atom. The zero-order chi connectivity index (χ0) is 6.85. The molecular weight excluding hydrogens is 127 g/mol. The number of allylic oxidation sites excluding steroid dienone is 1. The van der Waals surface area contributed by atoms with E-state index in [-0.39, 0.29) is 0 Å². The second-order valence-electron chi connectivity index (χ2n) is 2.49. The fraction of sp³-hybridized carbons (Fsp3) is 0.500. The molecule has 0 fully saturated rings. The zero-order valence-electron chi connectivity index (χ0n) is 6.10. The van der Waals surface area contributed by atoms with Crippen molar-refractivity contribution in [2.24, 2.45) is 11.0 Å². The SMILES string of the molecule is CC1=CNN=[C]([AlH2])C1C. The Morgan fingerprint density at radius 3 is 2.89 bits per heavy atom. The van der Waals surface area contributed by atoms with Crippen LogP contribution in [0.5, 0.6) is 0 Å². The summed E-state index contributed by atoms with van der Waals surface area (Å²) in [4.78, 5) is 0. The van der Waals surface area contributed by atoms with Crippen molar-refractivity contribution in [3.8, 4) is 0 Å². The lowest BCUT2D eigenvalue weighted by molar-refractivity contribution is 0.816. The van der Waals surface area contributed by atoms with Gasteiger partial charge in [0.05, 0.1) is 0 Å². The van der Waals surface area contributed by atoms with Crippen LogP contribution in [0.1, 0.15) is 13.8 Å². The first kappa shape index (κ1) is 6.86. The fourth-order valence-corrected chi connectivity index (χ4v) is 1.37. The molecule has 0 radical (unpaired) electrons. The maximum atomic E-state index is 4.11. The van der Waals surface area contributed by atoms with Gasteiger partial charge in [-0.1, -0.05) is 6.92 Å².